The van der Waals surface area contributed by atoms with Crippen molar-refractivity contribution >= 4 is 17.7 Å². The van der Waals surface area contributed by atoms with E-state index in [1.807, 2.05) is 60.7 Å². The molecule has 39 heavy (non-hydrogen) atoms. The van der Waals surface area contributed by atoms with Crippen molar-refractivity contribution in [1.82, 2.24) is 5.43 Å². The molecule has 3 aromatic carbocycles. The average Bonchev–Trinajstić information content (AvgIpc) is 3.49. The summed E-state index contributed by atoms with van der Waals surface area (Å²) in [6, 6.07) is 25.2. The largest absolute Gasteiger partial charge is 0.457 e. The number of nitrogens with one attached hydrogen (secondary N) is 1. The summed E-state index contributed by atoms with van der Waals surface area (Å²) < 4.78 is 44.0. The fourth-order valence-corrected chi connectivity index (χ4v) is 6.12. The molecular formula is C28H27F3N5O2S+. The number of ether oxygens (including phenoxy) is 1. The fraction of sp³-hybridized carbons (Fsp3) is 0.250. The molecule has 0 aliphatic carbocycles. The van der Waals surface area contributed by atoms with Gasteiger partial charge in [0.25, 0.3) is 0 Å². The first-order chi connectivity index (χ1) is 18.7. The lowest BCUT2D eigenvalue weighted by atomic mass is 9.95. The maximum Gasteiger partial charge on any atom is 0.446 e. The second-order valence-electron chi connectivity index (χ2n) is 9.85. The zero-order chi connectivity index (χ0) is 27.3. The first-order valence-corrected chi connectivity index (χ1v) is 13.4. The van der Waals surface area contributed by atoms with Gasteiger partial charge in [-0.2, -0.15) is 13.2 Å². The van der Waals surface area contributed by atoms with Crippen molar-refractivity contribution in [2.45, 2.75) is 29.2 Å². The summed E-state index contributed by atoms with van der Waals surface area (Å²) >= 11 is -0.164. The molecule has 6 rings (SSSR count). The van der Waals surface area contributed by atoms with Crippen LogP contribution in [-0.2, 0) is 4.79 Å². The molecule has 0 saturated carbocycles. The SMILES string of the molecule is NC[N+]1(C(c2ccccc2)c2ccccc2)NC2=C(CC[N+]3(C2)[N-]C3Oc2ccc(SC(F)(F)F)cc2)C1=O. The Kier molecular flexibility index (Phi) is 6.43. The van der Waals surface area contributed by atoms with Gasteiger partial charge in [-0.25, -0.2) is 10.2 Å². The topological polar surface area (TPSA) is 78.4 Å². The Morgan fingerprint density at radius 3 is 2.18 bits per heavy atom. The molecule has 1 amide bonds. The van der Waals surface area contributed by atoms with E-state index in [9.17, 15) is 18.0 Å². The van der Waals surface area contributed by atoms with Crippen LogP contribution in [0.3, 0.4) is 0 Å². The monoisotopic (exact) mass is 554 g/mol. The van der Waals surface area contributed by atoms with Gasteiger partial charge >= 0.3 is 11.4 Å². The smallest absolute Gasteiger partial charge is 0.446 e. The fourth-order valence-electron chi connectivity index (χ4n) is 5.58. The van der Waals surface area contributed by atoms with Gasteiger partial charge in [0.05, 0.1) is 12.1 Å². The number of alkyl halides is 3. The van der Waals surface area contributed by atoms with E-state index < -0.39 is 11.9 Å². The van der Waals surface area contributed by atoms with Crippen molar-refractivity contribution in [1.29, 1.82) is 0 Å². The molecule has 1 spiro atoms. The van der Waals surface area contributed by atoms with Crippen molar-refractivity contribution in [3.05, 3.63) is 113 Å². The summed E-state index contributed by atoms with van der Waals surface area (Å²) in [5.41, 5.74) is 13.7. The highest BCUT2D eigenvalue weighted by Gasteiger charge is 2.58. The molecule has 3 heterocycles. The number of hydrogen-bond acceptors (Lipinski definition) is 5. The molecule has 7 nitrogen and oxygen atoms in total. The number of nitrogens with two attached hydrogens (primary N) is 1. The van der Waals surface area contributed by atoms with E-state index >= 15 is 0 Å². The van der Waals surface area contributed by atoms with Gasteiger partial charge in [-0.3, -0.25) is 5.73 Å². The van der Waals surface area contributed by atoms with Gasteiger partial charge in [-0.15, -0.1) is 4.59 Å². The highest BCUT2D eigenvalue weighted by atomic mass is 32.2. The molecule has 11 heteroatoms. The van der Waals surface area contributed by atoms with E-state index in [-0.39, 0.29) is 39.9 Å². The molecule has 3 aliphatic rings. The lowest BCUT2D eigenvalue weighted by Crippen LogP contribution is -2.62. The molecule has 1 saturated heterocycles. The molecule has 3 N–H and O–H groups in total. The van der Waals surface area contributed by atoms with E-state index in [0.29, 0.717) is 29.9 Å². The van der Waals surface area contributed by atoms with E-state index in [1.54, 1.807) is 0 Å². The number of hydrogen-bond donors (Lipinski definition) is 2. The number of thioether (sulfide) groups is 1. The molecule has 1 fully saturated rings. The van der Waals surface area contributed by atoms with Crippen molar-refractivity contribution in [2.75, 3.05) is 19.8 Å². The summed E-state index contributed by atoms with van der Waals surface area (Å²) in [7, 11) is 0. The predicted octanol–water partition coefficient (Wildman–Crippen LogP) is 5.31. The zero-order valence-corrected chi connectivity index (χ0v) is 21.7. The Bertz CT molecular complexity index is 1360. The van der Waals surface area contributed by atoms with E-state index in [0.717, 1.165) is 22.4 Å². The highest BCUT2D eigenvalue weighted by molar-refractivity contribution is 8.00. The van der Waals surface area contributed by atoms with Gasteiger partial charge < -0.3 is 14.8 Å². The van der Waals surface area contributed by atoms with Crippen molar-refractivity contribution in [3.8, 4) is 5.75 Å². The van der Waals surface area contributed by atoms with Crippen LogP contribution in [0.1, 0.15) is 23.6 Å². The number of quaternary nitrogens is 2. The summed E-state index contributed by atoms with van der Waals surface area (Å²) in [5.74, 6) is 0.404. The van der Waals surface area contributed by atoms with Crippen molar-refractivity contribution in [3.63, 3.8) is 0 Å². The van der Waals surface area contributed by atoms with Crippen molar-refractivity contribution in [2.24, 2.45) is 5.73 Å². The standard InChI is InChI=1S/C28H26F3N5O2S/c29-28(30,31)39-22-13-11-21(12-14-22)38-27-34-35(27)16-15-23-24(17-35)33-36(18-32,26(23)37)25(19-7-3-1-4-8-19)20-9-5-2-6-10-20/h1-14,25,27H,15-18,32H2/p+1. The number of nitrogens with zero attached hydrogens (tertiary/aromatic N) is 3. The molecule has 0 bridgehead atoms. The van der Waals surface area contributed by atoms with Gasteiger partial charge in [0, 0.05) is 22.4 Å². The van der Waals surface area contributed by atoms with Gasteiger partial charge in [0.15, 0.2) is 19.1 Å². The Labute approximate surface area is 228 Å². The minimum atomic E-state index is -4.34. The number of halogens is 3. The maximum atomic E-state index is 14.0. The number of amides is 1. The second-order valence-corrected chi connectivity index (χ2v) is 11.0. The van der Waals surface area contributed by atoms with Crippen LogP contribution in [0.15, 0.2) is 101 Å². The molecule has 3 unspecified atom stereocenters. The molecule has 0 radical (unpaired) electrons. The molecule has 0 aromatic heterocycles. The Balaban J connectivity index is 1.21. The number of carbonyl (C=O) groups excluding carboxylic acids is 1. The summed E-state index contributed by atoms with van der Waals surface area (Å²) in [6.07, 6.45) is 0.0265. The number of benzene rings is 3. The van der Waals surface area contributed by atoms with Crippen LogP contribution < -0.4 is 15.9 Å². The third kappa shape index (κ3) is 4.81. The average molecular weight is 555 g/mol. The van der Waals surface area contributed by atoms with Crippen LogP contribution >= 0.6 is 11.8 Å². The van der Waals surface area contributed by atoms with Crippen LogP contribution in [-0.4, -0.2) is 46.7 Å². The summed E-state index contributed by atoms with van der Waals surface area (Å²) in [4.78, 5) is 14.1. The van der Waals surface area contributed by atoms with Crippen LogP contribution in [0.25, 0.3) is 5.43 Å². The van der Waals surface area contributed by atoms with E-state index in [1.165, 1.54) is 24.3 Å². The molecule has 3 aromatic rings. The Morgan fingerprint density at radius 2 is 1.62 bits per heavy atom. The van der Waals surface area contributed by atoms with E-state index in [2.05, 4.69) is 10.9 Å². The minimum Gasteiger partial charge on any atom is -0.457 e. The van der Waals surface area contributed by atoms with E-state index in [4.69, 9.17) is 10.5 Å². The Morgan fingerprint density at radius 1 is 1.00 bits per heavy atom. The molecule has 202 valence electrons. The Hall–Kier alpha value is -3.35. The zero-order valence-electron chi connectivity index (χ0n) is 20.8. The second kappa shape index (κ2) is 9.68. The lowest BCUT2D eigenvalue weighted by Gasteiger charge is -2.38. The maximum absolute atomic E-state index is 14.0. The summed E-state index contributed by atoms with van der Waals surface area (Å²) in [6.45, 7) is 1.09. The summed E-state index contributed by atoms with van der Waals surface area (Å²) in [5, 5.41) is 0. The third-order valence-electron chi connectivity index (χ3n) is 7.44. The molecule has 3 atom stereocenters. The van der Waals surface area contributed by atoms with Crippen LogP contribution in [0, 0.1) is 0 Å². The van der Waals surface area contributed by atoms with Crippen LogP contribution in [0.4, 0.5) is 13.2 Å². The van der Waals surface area contributed by atoms with Crippen molar-refractivity contribution < 1.29 is 31.9 Å². The first-order valence-electron chi connectivity index (χ1n) is 12.6. The van der Waals surface area contributed by atoms with Crippen LogP contribution in [0.2, 0.25) is 0 Å². The van der Waals surface area contributed by atoms with Gasteiger partial charge in [0.2, 0.25) is 0 Å². The van der Waals surface area contributed by atoms with Gasteiger partial charge in [0.1, 0.15) is 18.0 Å². The van der Waals surface area contributed by atoms with Crippen LogP contribution in [0.5, 0.6) is 5.75 Å². The lowest BCUT2D eigenvalue weighted by molar-refractivity contribution is -0.913. The third-order valence-corrected chi connectivity index (χ3v) is 8.18. The van der Waals surface area contributed by atoms with Gasteiger partial charge in [-0.1, -0.05) is 60.7 Å². The van der Waals surface area contributed by atoms with Gasteiger partial charge in [-0.05, 0) is 36.0 Å². The highest BCUT2D eigenvalue weighted by Crippen LogP contribution is 2.49. The first kappa shape index (κ1) is 25.9. The quantitative estimate of drug-likeness (QED) is 0.235. The number of carbonyl (C=O) groups is 1. The molecular weight excluding hydrogens is 527 g/mol. The minimum absolute atomic E-state index is 0.0415. The molecule has 3 aliphatic heterocycles. The number of rotatable bonds is 7. The predicted molar refractivity (Wildman–Crippen MR) is 140 cm³/mol. The normalized spacial score (nSPS) is 26.1.